The Balaban J connectivity index is 1.62. The number of phenolic OH excluding ortho intramolecular Hbond substituents is 1. The van der Waals surface area contributed by atoms with E-state index in [1.807, 2.05) is 48.5 Å². The molecule has 0 saturated heterocycles. The maximum atomic E-state index is 12.4. The van der Waals surface area contributed by atoms with E-state index in [0.717, 1.165) is 21.7 Å². The van der Waals surface area contributed by atoms with Crippen LogP contribution in [0.4, 0.5) is 0 Å². The average Bonchev–Trinajstić information content (AvgIpc) is 3.12. The van der Waals surface area contributed by atoms with Crippen molar-refractivity contribution in [2.45, 2.75) is 0 Å². The van der Waals surface area contributed by atoms with E-state index in [1.54, 1.807) is 18.3 Å². The second-order valence-corrected chi connectivity index (χ2v) is 5.67. The summed E-state index contributed by atoms with van der Waals surface area (Å²) < 4.78 is 0. The molecule has 0 aliphatic rings. The third kappa shape index (κ3) is 2.72. The van der Waals surface area contributed by atoms with E-state index in [9.17, 15) is 9.90 Å². The molecule has 4 aromatic rings. The van der Waals surface area contributed by atoms with Gasteiger partial charge in [0.2, 0.25) is 0 Å². The zero-order valence-electron chi connectivity index (χ0n) is 13.2. The van der Waals surface area contributed by atoms with Gasteiger partial charge in [-0.25, -0.2) is 5.43 Å². The number of H-pyrrole nitrogens is 1. The van der Waals surface area contributed by atoms with E-state index in [4.69, 9.17) is 0 Å². The van der Waals surface area contributed by atoms with Crippen molar-refractivity contribution >= 4 is 33.8 Å². The molecule has 3 N–H and O–H groups in total. The molecule has 1 amide bonds. The molecular formula is C20H15N3O2. The minimum absolute atomic E-state index is 0.114. The largest absolute Gasteiger partial charge is 0.507 e. The number of amides is 1. The van der Waals surface area contributed by atoms with Crippen molar-refractivity contribution < 1.29 is 9.90 Å². The molecule has 0 fully saturated rings. The number of para-hydroxylation sites is 1. The van der Waals surface area contributed by atoms with E-state index in [2.05, 4.69) is 15.5 Å². The van der Waals surface area contributed by atoms with Gasteiger partial charge in [-0.05, 0) is 29.0 Å². The van der Waals surface area contributed by atoms with Crippen molar-refractivity contribution in [2.75, 3.05) is 0 Å². The standard InChI is InChI=1S/C20H15N3O2/c24-18-9-8-13-4-1-2-6-15(13)17(18)12-22-23-20(25)16-7-3-5-14-10-11-21-19(14)16/h1-12,21,24H,(H,23,25)/b22-12+. The number of hydrogen-bond donors (Lipinski definition) is 3. The number of hydrazone groups is 1. The van der Waals surface area contributed by atoms with Crippen LogP contribution in [0, 0.1) is 0 Å². The van der Waals surface area contributed by atoms with Crippen molar-refractivity contribution in [1.29, 1.82) is 0 Å². The van der Waals surface area contributed by atoms with Crippen molar-refractivity contribution in [3.8, 4) is 5.75 Å². The van der Waals surface area contributed by atoms with Crippen LogP contribution < -0.4 is 5.43 Å². The Morgan fingerprint density at radius 2 is 1.84 bits per heavy atom. The molecule has 3 aromatic carbocycles. The van der Waals surface area contributed by atoms with Crippen molar-refractivity contribution in [3.63, 3.8) is 0 Å². The fraction of sp³-hybridized carbons (Fsp3) is 0. The van der Waals surface area contributed by atoms with Crippen molar-refractivity contribution in [3.05, 3.63) is 78.0 Å². The number of aromatic nitrogens is 1. The molecule has 0 saturated carbocycles. The van der Waals surface area contributed by atoms with Crippen LogP contribution in [0.2, 0.25) is 0 Å². The number of rotatable bonds is 3. The van der Waals surface area contributed by atoms with Gasteiger partial charge in [-0.1, -0.05) is 42.5 Å². The molecular weight excluding hydrogens is 314 g/mol. The van der Waals surface area contributed by atoms with Crippen LogP contribution in [0.25, 0.3) is 21.7 Å². The summed E-state index contributed by atoms with van der Waals surface area (Å²) in [5, 5.41) is 16.9. The smallest absolute Gasteiger partial charge is 0.273 e. The first kappa shape index (κ1) is 15.0. The van der Waals surface area contributed by atoms with E-state index < -0.39 is 0 Å². The van der Waals surface area contributed by atoms with Gasteiger partial charge in [0.05, 0.1) is 17.3 Å². The van der Waals surface area contributed by atoms with Crippen LogP contribution in [-0.4, -0.2) is 22.2 Å². The molecule has 4 rings (SSSR count). The van der Waals surface area contributed by atoms with E-state index >= 15 is 0 Å². The third-order valence-electron chi connectivity index (χ3n) is 4.14. The van der Waals surface area contributed by atoms with Crippen LogP contribution >= 0.6 is 0 Å². The number of carbonyl (C=O) groups is 1. The zero-order chi connectivity index (χ0) is 17.2. The summed E-state index contributed by atoms with van der Waals surface area (Å²) >= 11 is 0. The summed E-state index contributed by atoms with van der Waals surface area (Å²) in [6, 6.07) is 18.5. The van der Waals surface area contributed by atoms with Crippen molar-refractivity contribution in [1.82, 2.24) is 10.4 Å². The van der Waals surface area contributed by atoms with Crippen LogP contribution in [0.1, 0.15) is 15.9 Å². The fourth-order valence-electron chi connectivity index (χ4n) is 2.91. The first-order valence-corrected chi connectivity index (χ1v) is 7.84. The Bertz CT molecular complexity index is 1110. The highest BCUT2D eigenvalue weighted by atomic mass is 16.3. The highest BCUT2D eigenvalue weighted by Crippen LogP contribution is 2.25. The van der Waals surface area contributed by atoms with Crippen LogP contribution in [-0.2, 0) is 0 Å². The second-order valence-electron chi connectivity index (χ2n) is 5.67. The number of fused-ring (bicyclic) bond motifs is 2. The highest BCUT2D eigenvalue weighted by molar-refractivity contribution is 6.06. The monoisotopic (exact) mass is 329 g/mol. The summed E-state index contributed by atoms with van der Waals surface area (Å²) in [4.78, 5) is 15.4. The maximum absolute atomic E-state index is 12.4. The number of nitrogens with one attached hydrogen (secondary N) is 2. The van der Waals surface area contributed by atoms with Gasteiger partial charge in [-0.2, -0.15) is 5.10 Å². The molecule has 25 heavy (non-hydrogen) atoms. The number of carbonyl (C=O) groups excluding carboxylic acids is 1. The molecule has 1 heterocycles. The Hall–Kier alpha value is -3.60. The van der Waals surface area contributed by atoms with Crippen LogP contribution in [0.3, 0.4) is 0 Å². The molecule has 0 aliphatic heterocycles. The first-order valence-electron chi connectivity index (χ1n) is 7.84. The predicted octanol–water partition coefficient (Wildman–Crippen LogP) is 3.79. The van der Waals surface area contributed by atoms with Gasteiger partial charge in [0.25, 0.3) is 5.91 Å². The van der Waals surface area contributed by atoms with E-state index in [-0.39, 0.29) is 11.7 Å². The van der Waals surface area contributed by atoms with Gasteiger partial charge in [0, 0.05) is 17.1 Å². The number of nitrogens with zero attached hydrogens (tertiary/aromatic N) is 1. The lowest BCUT2D eigenvalue weighted by atomic mass is 10.0. The van der Waals surface area contributed by atoms with Crippen LogP contribution in [0.15, 0.2) is 72.0 Å². The van der Waals surface area contributed by atoms with Gasteiger partial charge in [-0.3, -0.25) is 4.79 Å². The zero-order valence-corrected chi connectivity index (χ0v) is 13.2. The minimum atomic E-state index is -0.316. The number of benzene rings is 3. The van der Waals surface area contributed by atoms with Gasteiger partial charge < -0.3 is 10.1 Å². The molecule has 0 bridgehead atoms. The van der Waals surface area contributed by atoms with Gasteiger partial charge in [-0.15, -0.1) is 0 Å². The Morgan fingerprint density at radius 3 is 2.76 bits per heavy atom. The van der Waals surface area contributed by atoms with E-state index in [1.165, 1.54) is 6.21 Å². The molecule has 5 nitrogen and oxygen atoms in total. The quantitative estimate of drug-likeness (QED) is 0.395. The Morgan fingerprint density at radius 1 is 1.00 bits per heavy atom. The lowest BCUT2D eigenvalue weighted by molar-refractivity contribution is 0.0956. The van der Waals surface area contributed by atoms with Gasteiger partial charge in [0.15, 0.2) is 0 Å². The Labute approximate surface area is 143 Å². The molecule has 0 unspecified atom stereocenters. The second kappa shape index (κ2) is 6.13. The lowest BCUT2D eigenvalue weighted by Crippen LogP contribution is -2.18. The van der Waals surface area contributed by atoms with Gasteiger partial charge >= 0.3 is 0 Å². The topological polar surface area (TPSA) is 77.5 Å². The average molecular weight is 329 g/mol. The fourth-order valence-corrected chi connectivity index (χ4v) is 2.91. The molecule has 122 valence electrons. The minimum Gasteiger partial charge on any atom is -0.507 e. The van der Waals surface area contributed by atoms with E-state index in [0.29, 0.717) is 11.1 Å². The summed E-state index contributed by atoms with van der Waals surface area (Å²) in [6.07, 6.45) is 3.25. The Kier molecular flexibility index (Phi) is 3.67. The normalized spacial score (nSPS) is 11.4. The molecule has 1 aromatic heterocycles. The molecule has 0 spiro atoms. The molecule has 5 heteroatoms. The summed E-state index contributed by atoms with van der Waals surface area (Å²) in [5.74, 6) is -0.202. The third-order valence-corrected chi connectivity index (χ3v) is 4.14. The summed E-state index contributed by atoms with van der Waals surface area (Å²) in [6.45, 7) is 0. The van der Waals surface area contributed by atoms with Crippen molar-refractivity contribution in [2.24, 2.45) is 5.10 Å². The maximum Gasteiger partial charge on any atom is 0.273 e. The predicted molar refractivity (Wildman–Crippen MR) is 99.0 cm³/mol. The number of phenols is 1. The molecule has 0 aliphatic carbocycles. The summed E-state index contributed by atoms with van der Waals surface area (Å²) in [7, 11) is 0. The first-order chi connectivity index (χ1) is 12.2. The number of hydrogen-bond acceptors (Lipinski definition) is 3. The molecule has 0 atom stereocenters. The lowest BCUT2D eigenvalue weighted by Gasteiger charge is -2.05. The summed E-state index contributed by atoms with van der Waals surface area (Å²) in [5.41, 5.74) is 4.37. The highest BCUT2D eigenvalue weighted by Gasteiger charge is 2.10. The SMILES string of the molecule is O=C(N/N=C/c1c(O)ccc2ccccc12)c1cccc2cc[nH]c12. The van der Waals surface area contributed by atoms with Crippen LogP contribution in [0.5, 0.6) is 5.75 Å². The molecule has 0 radical (unpaired) electrons. The number of aromatic hydroxyl groups is 1. The number of aromatic amines is 1. The van der Waals surface area contributed by atoms with Gasteiger partial charge in [0.1, 0.15) is 5.75 Å².